The van der Waals surface area contributed by atoms with Gasteiger partial charge < -0.3 is 14.2 Å². The molecule has 0 radical (unpaired) electrons. The van der Waals surface area contributed by atoms with Gasteiger partial charge in [0.15, 0.2) is 17.3 Å². The van der Waals surface area contributed by atoms with Crippen molar-refractivity contribution in [2.24, 2.45) is 0 Å². The van der Waals surface area contributed by atoms with Gasteiger partial charge in [0.05, 0.1) is 31.8 Å². The molecule has 0 aliphatic rings. The van der Waals surface area contributed by atoms with Crippen LogP contribution in [0.1, 0.15) is 15.9 Å². The van der Waals surface area contributed by atoms with Gasteiger partial charge in [-0.1, -0.05) is 42.5 Å². The minimum absolute atomic E-state index is 0.181. The highest BCUT2D eigenvalue weighted by Gasteiger charge is 2.28. The highest BCUT2D eigenvalue weighted by molar-refractivity contribution is 6.22. The topological polar surface area (TPSA) is 87.9 Å². The molecule has 0 spiro atoms. The fourth-order valence-corrected chi connectivity index (χ4v) is 3.88. The second-order valence-electron chi connectivity index (χ2n) is 7.25. The number of hydrogen-bond acceptors (Lipinski definition) is 6. The highest BCUT2D eigenvalue weighted by atomic mass is 16.6. The predicted octanol–water partition coefficient (Wildman–Crippen LogP) is 5.67. The second kappa shape index (κ2) is 9.00. The Morgan fingerprint density at radius 2 is 1.45 bits per heavy atom. The molecule has 7 heteroatoms. The Morgan fingerprint density at radius 3 is 2.03 bits per heavy atom. The summed E-state index contributed by atoms with van der Waals surface area (Å²) in [5, 5.41) is 13.2. The number of hydrogen-bond donors (Lipinski definition) is 0. The number of fused-ring (bicyclic) bond motifs is 1. The van der Waals surface area contributed by atoms with Crippen molar-refractivity contribution in [3.05, 3.63) is 94.0 Å². The monoisotopic (exact) mass is 443 g/mol. The van der Waals surface area contributed by atoms with Gasteiger partial charge in [0.25, 0.3) is 5.69 Å². The van der Waals surface area contributed by atoms with Gasteiger partial charge in [-0.3, -0.25) is 14.9 Å². The van der Waals surface area contributed by atoms with Gasteiger partial charge in [0, 0.05) is 17.2 Å². The molecule has 33 heavy (non-hydrogen) atoms. The first-order valence-electron chi connectivity index (χ1n) is 10.1. The standard InChI is InChI=1S/C26H21NO6/c1-31-19-11-9-16(10-12-19)24-21(27(29)30)13-18-14-22(32-2)23(33-3)15-20(18)25(24)26(28)17-7-5-4-6-8-17/h4-15H,1-3H3. The third kappa shape index (κ3) is 3.96. The van der Waals surface area contributed by atoms with Gasteiger partial charge in [-0.05, 0) is 40.6 Å². The van der Waals surface area contributed by atoms with Crippen LogP contribution in [0.4, 0.5) is 5.69 Å². The largest absolute Gasteiger partial charge is 0.497 e. The summed E-state index contributed by atoms with van der Waals surface area (Å²) in [6, 6.07) is 20.3. The highest BCUT2D eigenvalue weighted by Crippen LogP contribution is 2.43. The first-order valence-corrected chi connectivity index (χ1v) is 10.1. The molecule has 0 saturated carbocycles. The van der Waals surface area contributed by atoms with Crippen molar-refractivity contribution in [2.75, 3.05) is 21.3 Å². The van der Waals surface area contributed by atoms with E-state index in [-0.39, 0.29) is 22.6 Å². The molecule has 4 aromatic rings. The number of nitro benzene ring substituents is 1. The van der Waals surface area contributed by atoms with E-state index in [1.54, 1.807) is 66.7 Å². The third-order valence-corrected chi connectivity index (χ3v) is 5.46. The van der Waals surface area contributed by atoms with Gasteiger partial charge in [-0.2, -0.15) is 0 Å². The molecular weight excluding hydrogens is 422 g/mol. The molecule has 0 bridgehead atoms. The molecule has 0 aliphatic carbocycles. The summed E-state index contributed by atoms with van der Waals surface area (Å²) in [6.45, 7) is 0. The third-order valence-electron chi connectivity index (χ3n) is 5.46. The summed E-state index contributed by atoms with van der Waals surface area (Å²) in [5.41, 5.74) is 1.22. The van der Waals surface area contributed by atoms with Gasteiger partial charge in [-0.25, -0.2) is 0 Å². The van der Waals surface area contributed by atoms with Crippen molar-refractivity contribution in [1.82, 2.24) is 0 Å². The number of methoxy groups -OCH3 is 3. The first-order chi connectivity index (χ1) is 16.0. The van der Waals surface area contributed by atoms with E-state index in [1.165, 1.54) is 27.4 Å². The number of carbonyl (C=O) groups excluding carboxylic acids is 1. The Hall–Kier alpha value is -4.39. The first kappa shape index (κ1) is 21.8. The zero-order chi connectivity index (χ0) is 23.5. The zero-order valence-electron chi connectivity index (χ0n) is 18.3. The summed E-state index contributed by atoms with van der Waals surface area (Å²) in [7, 11) is 4.52. The maximum absolute atomic E-state index is 13.8. The summed E-state index contributed by atoms with van der Waals surface area (Å²) in [4.78, 5) is 25.5. The van der Waals surface area contributed by atoms with Crippen molar-refractivity contribution in [3.8, 4) is 28.4 Å². The molecular formula is C26H21NO6. The molecule has 4 aromatic carbocycles. The van der Waals surface area contributed by atoms with E-state index in [1.807, 2.05) is 0 Å². The number of carbonyl (C=O) groups is 1. The Labute approximate surface area is 190 Å². The van der Waals surface area contributed by atoms with E-state index in [0.29, 0.717) is 39.1 Å². The number of benzene rings is 4. The summed E-state index contributed by atoms with van der Waals surface area (Å²) >= 11 is 0. The Bertz CT molecular complexity index is 1350. The van der Waals surface area contributed by atoms with E-state index in [4.69, 9.17) is 14.2 Å². The average Bonchev–Trinajstić information content (AvgIpc) is 2.86. The van der Waals surface area contributed by atoms with Crippen LogP contribution < -0.4 is 14.2 Å². The molecule has 4 rings (SSSR count). The minimum atomic E-state index is -0.475. The maximum atomic E-state index is 13.8. The van der Waals surface area contributed by atoms with Gasteiger partial charge in [0.2, 0.25) is 0 Å². The molecule has 0 N–H and O–H groups in total. The van der Waals surface area contributed by atoms with Crippen molar-refractivity contribution in [2.45, 2.75) is 0 Å². The molecule has 0 saturated heterocycles. The lowest BCUT2D eigenvalue weighted by Crippen LogP contribution is -2.07. The summed E-state index contributed by atoms with van der Waals surface area (Å²) < 4.78 is 16.1. The molecule has 166 valence electrons. The fraction of sp³-hybridized carbons (Fsp3) is 0.115. The molecule has 0 atom stereocenters. The number of ether oxygens (including phenoxy) is 3. The van der Waals surface area contributed by atoms with Crippen molar-refractivity contribution in [1.29, 1.82) is 0 Å². The molecule has 0 aliphatic heterocycles. The lowest BCUT2D eigenvalue weighted by atomic mass is 9.87. The van der Waals surface area contributed by atoms with Crippen LogP contribution in [0.25, 0.3) is 21.9 Å². The number of ketones is 1. The van der Waals surface area contributed by atoms with E-state index in [2.05, 4.69) is 0 Å². The van der Waals surface area contributed by atoms with Crippen LogP contribution in [0.5, 0.6) is 17.2 Å². The molecule has 0 fully saturated rings. The second-order valence-corrected chi connectivity index (χ2v) is 7.25. The quantitative estimate of drug-likeness (QED) is 0.208. The minimum Gasteiger partial charge on any atom is -0.497 e. The molecule has 0 heterocycles. The van der Waals surface area contributed by atoms with Crippen molar-refractivity contribution in [3.63, 3.8) is 0 Å². The smallest absolute Gasteiger partial charge is 0.278 e. The van der Waals surface area contributed by atoms with E-state index >= 15 is 0 Å². The number of rotatable bonds is 7. The maximum Gasteiger partial charge on any atom is 0.278 e. The van der Waals surface area contributed by atoms with Crippen LogP contribution in [-0.2, 0) is 0 Å². The average molecular weight is 443 g/mol. The van der Waals surface area contributed by atoms with Crippen LogP contribution in [0, 0.1) is 10.1 Å². The zero-order valence-corrected chi connectivity index (χ0v) is 18.3. The molecule has 0 amide bonds. The SMILES string of the molecule is COc1ccc(-c2c([N+](=O)[O-])cc3cc(OC)c(OC)cc3c2C(=O)c2ccccc2)cc1. The summed E-state index contributed by atoms with van der Waals surface area (Å²) in [6.07, 6.45) is 0. The van der Waals surface area contributed by atoms with Crippen molar-refractivity contribution >= 4 is 22.2 Å². The molecule has 0 unspecified atom stereocenters. The van der Waals surface area contributed by atoms with Crippen molar-refractivity contribution < 1.29 is 23.9 Å². The Kier molecular flexibility index (Phi) is 5.95. The molecule has 7 nitrogen and oxygen atoms in total. The van der Waals surface area contributed by atoms with Gasteiger partial charge >= 0.3 is 0 Å². The van der Waals surface area contributed by atoms with E-state index < -0.39 is 4.92 Å². The van der Waals surface area contributed by atoms with Crippen LogP contribution in [0.3, 0.4) is 0 Å². The van der Waals surface area contributed by atoms with Gasteiger partial charge in [0.1, 0.15) is 5.75 Å². The van der Waals surface area contributed by atoms with E-state index in [0.717, 1.165) is 0 Å². The Balaban J connectivity index is 2.15. The predicted molar refractivity (Wildman–Crippen MR) is 126 cm³/mol. The van der Waals surface area contributed by atoms with Gasteiger partial charge in [-0.15, -0.1) is 0 Å². The van der Waals surface area contributed by atoms with Crippen LogP contribution in [0.2, 0.25) is 0 Å². The van der Waals surface area contributed by atoms with Crippen LogP contribution in [-0.4, -0.2) is 32.0 Å². The number of nitro groups is 1. The Morgan fingerprint density at radius 1 is 0.818 bits per heavy atom. The fourth-order valence-electron chi connectivity index (χ4n) is 3.88. The van der Waals surface area contributed by atoms with E-state index in [9.17, 15) is 14.9 Å². The van der Waals surface area contributed by atoms with Crippen LogP contribution in [0.15, 0.2) is 72.8 Å². The normalized spacial score (nSPS) is 10.6. The molecule has 0 aromatic heterocycles. The summed E-state index contributed by atoms with van der Waals surface area (Å²) in [5.74, 6) is 1.10. The lowest BCUT2D eigenvalue weighted by molar-refractivity contribution is -0.384. The van der Waals surface area contributed by atoms with Crippen LogP contribution >= 0.6 is 0 Å². The lowest BCUT2D eigenvalue weighted by Gasteiger charge is -2.16. The number of nitrogens with zero attached hydrogens (tertiary/aromatic N) is 1.